The van der Waals surface area contributed by atoms with Crippen LogP contribution in [-0.2, 0) is 27.2 Å². The van der Waals surface area contributed by atoms with Crippen LogP contribution in [0.4, 0.5) is 5.69 Å². The second kappa shape index (κ2) is 8.53. The molecule has 0 amide bonds. The van der Waals surface area contributed by atoms with Gasteiger partial charge < -0.3 is 18.9 Å². The molecular weight excluding hydrogens is 412 g/mol. The largest absolute Gasteiger partial charge is 0.467 e. The van der Waals surface area contributed by atoms with Crippen LogP contribution in [0.1, 0.15) is 56.2 Å². The van der Waals surface area contributed by atoms with Crippen LogP contribution in [0.3, 0.4) is 0 Å². The van der Waals surface area contributed by atoms with Crippen LogP contribution in [0, 0.1) is 13.8 Å². The van der Waals surface area contributed by atoms with Gasteiger partial charge in [0.1, 0.15) is 0 Å². The first-order valence-electron chi connectivity index (χ1n) is 11.8. The summed E-state index contributed by atoms with van der Waals surface area (Å²) >= 11 is 0. The highest BCUT2D eigenvalue weighted by atomic mass is 16.6. The van der Waals surface area contributed by atoms with Crippen molar-refractivity contribution in [3.8, 4) is 11.1 Å². The average molecular weight is 449 g/mol. The van der Waals surface area contributed by atoms with Crippen LogP contribution in [0.5, 0.6) is 0 Å². The molecule has 176 valence electrons. The van der Waals surface area contributed by atoms with Crippen LogP contribution in [0.15, 0.2) is 30.3 Å². The number of likely N-dealkylation sites (N-methyl/N-ethyl adjacent to an activating group) is 1. The lowest BCUT2D eigenvalue weighted by Gasteiger charge is -2.34. The average Bonchev–Trinajstić information content (AvgIpc) is 3.13. The molecule has 1 aromatic heterocycles. The van der Waals surface area contributed by atoms with E-state index in [4.69, 9.17) is 9.47 Å². The van der Waals surface area contributed by atoms with Gasteiger partial charge >= 0.3 is 5.97 Å². The smallest absolute Gasteiger partial charge is 0.339 e. The molecule has 3 aromatic rings. The van der Waals surface area contributed by atoms with Crippen molar-refractivity contribution in [2.75, 3.05) is 25.6 Å². The molecule has 1 aliphatic heterocycles. The lowest BCUT2D eigenvalue weighted by molar-refractivity contribution is -0.164. The Balaban J connectivity index is 2.17. The number of nitrogens with zero attached hydrogens (tertiary/aromatic N) is 2. The number of methoxy groups -OCH3 is 1. The van der Waals surface area contributed by atoms with E-state index in [1.54, 1.807) is 0 Å². The molecule has 0 spiro atoms. The molecule has 33 heavy (non-hydrogen) atoms. The van der Waals surface area contributed by atoms with E-state index in [0.29, 0.717) is 0 Å². The highest BCUT2D eigenvalue weighted by Gasteiger charge is 2.36. The molecule has 0 bridgehead atoms. The number of esters is 1. The van der Waals surface area contributed by atoms with Gasteiger partial charge in [-0.15, -0.1) is 0 Å². The Morgan fingerprint density at radius 1 is 1.12 bits per heavy atom. The SMILES string of the molecule is CCc1cc2c(-c3ccc(C)cc3)c([C@H](OC(C)(C)C)C(=O)OC)c(C)c3c2n1CCN3C. The predicted molar refractivity (Wildman–Crippen MR) is 135 cm³/mol. The zero-order chi connectivity index (χ0) is 24.1. The second-order valence-electron chi connectivity index (χ2n) is 10.1. The fraction of sp³-hybridized carbons (Fsp3) is 0.464. The van der Waals surface area contributed by atoms with E-state index in [0.717, 1.165) is 41.8 Å². The van der Waals surface area contributed by atoms with Crippen molar-refractivity contribution in [1.82, 2.24) is 4.57 Å². The van der Waals surface area contributed by atoms with E-state index in [-0.39, 0.29) is 5.97 Å². The minimum Gasteiger partial charge on any atom is -0.467 e. The highest BCUT2D eigenvalue weighted by Crippen LogP contribution is 2.47. The summed E-state index contributed by atoms with van der Waals surface area (Å²) in [6.07, 6.45) is 0.133. The molecule has 0 saturated heterocycles. The van der Waals surface area contributed by atoms with Crippen LogP contribution in [0.2, 0.25) is 0 Å². The Hall–Kier alpha value is -2.79. The number of carbonyl (C=O) groups excluding carboxylic acids is 1. The van der Waals surface area contributed by atoms with Crippen molar-refractivity contribution in [3.63, 3.8) is 0 Å². The van der Waals surface area contributed by atoms with Crippen molar-refractivity contribution in [2.24, 2.45) is 0 Å². The third-order valence-corrected chi connectivity index (χ3v) is 6.60. The van der Waals surface area contributed by atoms with Crippen LogP contribution in [0.25, 0.3) is 22.0 Å². The summed E-state index contributed by atoms with van der Waals surface area (Å²) in [4.78, 5) is 15.5. The normalized spacial score (nSPS) is 14.6. The first-order chi connectivity index (χ1) is 15.6. The van der Waals surface area contributed by atoms with Gasteiger partial charge in [-0.25, -0.2) is 4.79 Å². The van der Waals surface area contributed by atoms with Crippen LogP contribution >= 0.6 is 0 Å². The lowest BCUT2D eigenvalue weighted by Crippen LogP contribution is -2.32. The van der Waals surface area contributed by atoms with E-state index >= 15 is 0 Å². The third kappa shape index (κ3) is 4.04. The monoisotopic (exact) mass is 448 g/mol. The number of benzene rings is 2. The molecule has 2 heterocycles. The standard InChI is InChI=1S/C28H36N2O3/c1-9-20-16-21-23(19-12-10-17(2)11-13-19)22(26(27(31)32-8)33-28(4,5)6)18(3)24-25(21)30(20)15-14-29(24)7/h10-13,16,26H,9,14-15H2,1-8H3/t26-/m0/s1. The minimum atomic E-state index is -0.823. The summed E-state index contributed by atoms with van der Waals surface area (Å²) in [7, 11) is 3.57. The summed E-state index contributed by atoms with van der Waals surface area (Å²) < 4.78 is 14.1. The molecule has 5 heteroatoms. The van der Waals surface area contributed by atoms with Gasteiger partial charge in [-0.3, -0.25) is 0 Å². The molecule has 0 aliphatic carbocycles. The van der Waals surface area contributed by atoms with Gasteiger partial charge in [0.05, 0.1) is 23.9 Å². The number of carbonyl (C=O) groups is 1. The van der Waals surface area contributed by atoms with Crippen molar-refractivity contribution >= 4 is 22.6 Å². The van der Waals surface area contributed by atoms with E-state index in [2.05, 4.69) is 67.6 Å². The van der Waals surface area contributed by atoms with Crippen LogP contribution < -0.4 is 4.90 Å². The molecule has 0 saturated carbocycles. The summed E-state index contributed by atoms with van der Waals surface area (Å²) in [6.45, 7) is 14.2. The maximum atomic E-state index is 13.2. The zero-order valence-corrected chi connectivity index (χ0v) is 21.2. The van der Waals surface area contributed by atoms with Gasteiger partial charge in [-0.1, -0.05) is 36.8 Å². The van der Waals surface area contributed by atoms with Gasteiger partial charge in [0, 0.05) is 36.8 Å². The number of aromatic nitrogens is 1. The first-order valence-corrected chi connectivity index (χ1v) is 11.8. The Labute approximate surface area is 197 Å². The number of hydrogen-bond acceptors (Lipinski definition) is 4. The molecule has 0 N–H and O–H groups in total. The number of rotatable bonds is 5. The minimum absolute atomic E-state index is 0.374. The summed E-state index contributed by atoms with van der Waals surface area (Å²) in [6, 6.07) is 10.9. The third-order valence-electron chi connectivity index (χ3n) is 6.60. The van der Waals surface area contributed by atoms with Crippen LogP contribution in [-0.4, -0.2) is 36.8 Å². The van der Waals surface area contributed by atoms with Crippen molar-refractivity contribution in [3.05, 3.63) is 52.7 Å². The Morgan fingerprint density at radius 3 is 2.36 bits per heavy atom. The van der Waals surface area contributed by atoms with Gasteiger partial charge in [0.25, 0.3) is 0 Å². The molecule has 2 aromatic carbocycles. The van der Waals surface area contributed by atoms with Gasteiger partial charge in [-0.2, -0.15) is 0 Å². The van der Waals surface area contributed by atoms with Gasteiger partial charge in [0.2, 0.25) is 0 Å². The van der Waals surface area contributed by atoms with E-state index < -0.39 is 11.7 Å². The molecule has 1 atom stereocenters. The maximum Gasteiger partial charge on any atom is 0.339 e. The summed E-state index contributed by atoms with van der Waals surface area (Å²) in [5.41, 5.74) is 8.54. The predicted octanol–water partition coefficient (Wildman–Crippen LogP) is 5.97. The Morgan fingerprint density at radius 2 is 1.79 bits per heavy atom. The van der Waals surface area contributed by atoms with Crippen molar-refractivity contribution < 1.29 is 14.3 Å². The fourth-order valence-electron chi connectivity index (χ4n) is 5.11. The van der Waals surface area contributed by atoms with Gasteiger partial charge in [-0.05, 0) is 63.8 Å². The number of hydrogen-bond donors (Lipinski definition) is 0. The van der Waals surface area contributed by atoms with Crippen molar-refractivity contribution in [1.29, 1.82) is 0 Å². The zero-order valence-electron chi connectivity index (χ0n) is 21.2. The van der Waals surface area contributed by atoms with E-state index in [1.165, 1.54) is 35.0 Å². The molecule has 0 fully saturated rings. The number of anilines is 1. The second-order valence-corrected chi connectivity index (χ2v) is 10.1. The molecule has 0 radical (unpaired) electrons. The Bertz CT molecular complexity index is 1200. The lowest BCUT2D eigenvalue weighted by atomic mass is 9.87. The molecule has 5 nitrogen and oxygen atoms in total. The molecule has 1 aliphatic rings. The molecule has 0 unspecified atom stereocenters. The summed E-state index contributed by atoms with van der Waals surface area (Å²) in [5.74, 6) is -0.374. The number of aryl methyl sites for hydroxylation is 2. The van der Waals surface area contributed by atoms with E-state index in [9.17, 15) is 4.79 Å². The maximum absolute atomic E-state index is 13.2. The topological polar surface area (TPSA) is 43.7 Å². The highest BCUT2D eigenvalue weighted by molar-refractivity contribution is 6.07. The van der Waals surface area contributed by atoms with Crippen molar-refractivity contribution in [2.45, 2.75) is 66.2 Å². The quantitative estimate of drug-likeness (QED) is 0.451. The first kappa shape index (κ1) is 23.4. The van der Waals surface area contributed by atoms with E-state index in [1.807, 2.05) is 20.8 Å². The van der Waals surface area contributed by atoms with Gasteiger partial charge in [0.15, 0.2) is 6.10 Å². The molecular formula is C28H36N2O3. The summed E-state index contributed by atoms with van der Waals surface area (Å²) in [5, 5.41) is 1.17. The fourth-order valence-corrected chi connectivity index (χ4v) is 5.11. The molecule has 4 rings (SSSR count). The Kier molecular flexibility index (Phi) is 6.04. The number of ether oxygens (including phenoxy) is 2.